The zero-order chi connectivity index (χ0) is 15.2. The van der Waals surface area contributed by atoms with Gasteiger partial charge in [0.1, 0.15) is 0 Å². The van der Waals surface area contributed by atoms with Gasteiger partial charge in [-0.3, -0.25) is 9.59 Å². The van der Waals surface area contributed by atoms with E-state index in [1.165, 1.54) is 0 Å². The van der Waals surface area contributed by atoms with Crippen molar-refractivity contribution in [3.8, 4) is 0 Å². The average Bonchev–Trinajstić information content (AvgIpc) is 2.47. The summed E-state index contributed by atoms with van der Waals surface area (Å²) < 4.78 is 1.02. The third-order valence-electron chi connectivity index (χ3n) is 3.00. The maximum absolute atomic E-state index is 12.0. The number of carbonyl (C=O) groups excluding carboxylic acids is 2. The third-order valence-corrected chi connectivity index (χ3v) is 3.67. The lowest BCUT2D eigenvalue weighted by Gasteiger charge is -2.06. The second-order valence-corrected chi connectivity index (χ2v) is 5.83. The summed E-state index contributed by atoms with van der Waals surface area (Å²) in [4.78, 5) is 23.1. The van der Waals surface area contributed by atoms with Crippen LogP contribution >= 0.6 is 22.6 Å². The molecule has 5 heteroatoms. The van der Waals surface area contributed by atoms with Gasteiger partial charge < -0.3 is 11.1 Å². The van der Waals surface area contributed by atoms with E-state index in [2.05, 4.69) is 27.9 Å². The third kappa shape index (κ3) is 4.56. The topological polar surface area (TPSA) is 72.2 Å². The summed E-state index contributed by atoms with van der Waals surface area (Å²) >= 11 is 2.17. The highest BCUT2D eigenvalue weighted by molar-refractivity contribution is 14.1. The number of nitrogens with one attached hydrogen (secondary N) is 1. The number of benzene rings is 2. The minimum atomic E-state index is -0.445. The summed E-state index contributed by atoms with van der Waals surface area (Å²) in [5, 5.41) is 2.86. The van der Waals surface area contributed by atoms with E-state index in [-0.39, 0.29) is 5.91 Å². The van der Waals surface area contributed by atoms with Gasteiger partial charge in [-0.2, -0.15) is 0 Å². The number of rotatable bonds is 5. The molecule has 2 amide bonds. The fourth-order valence-corrected chi connectivity index (χ4v) is 2.48. The zero-order valence-corrected chi connectivity index (χ0v) is 13.5. The van der Waals surface area contributed by atoms with Gasteiger partial charge in [-0.05, 0) is 64.9 Å². The lowest BCUT2D eigenvalue weighted by atomic mass is 10.1. The van der Waals surface area contributed by atoms with Crippen molar-refractivity contribution in [2.45, 2.75) is 6.42 Å². The summed E-state index contributed by atoms with van der Waals surface area (Å²) in [5.74, 6) is -0.542. The van der Waals surface area contributed by atoms with E-state index in [1.54, 1.807) is 24.3 Å². The molecular formula is C16H15IN2O2. The molecule has 0 radical (unpaired) electrons. The fraction of sp³-hybridized carbons (Fsp3) is 0.125. The number of hydrogen-bond donors (Lipinski definition) is 2. The van der Waals surface area contributed by atoms with Crippen molar-refractivity contribution in [1.29, 1.82) is 0 Å². The van der Waals surface area contributed by atoms with Crippen LogP contribution in [0, 0.1) is 3.57 Å². The highest BCUT2D eigenvalue weighted by Gasteiger charge is 2.06. The van der Waals surface area contributed by atoms with Crippen molar-refractivity contribution in [3.63, 3.8) is 0 Å². The lowest BCUT2D eigenvalue weighted by Crippen LogP contribution is -2.25. The van der Waals surface area contributed by atoms with Gasteiger partial charge in [-0.25, -0.2) is 0 Å². The Labute approximate surface area is 136 Å². The molecule has 0 aliphatic carbocycles. The van der Waals surface area contributed by atoms with Crippen LogP contribution in [0.3, 0.4) is 0 Å². The monoisotopic (exact) mass is 394 g/mol. The maximum Gasteiger partial charge on any atom is 0.251 e. The van der Waals surface area contributed by atoms with E-state index in [0.717, 1.165) is 9.13 Å². The normalized spacial score (nSPS) is 10.1. The van der Waals surface area contributed by atoms with E-state index in [0.29, 0.717) is 24.1 Å². The van der Waals surface area contributed by atoms with Crippen molar-refractivity contribution in [2.24, 2.45) is 5.73 Å². The van der Waals surface area contributed by atoms with Crippen LogP contribution in [0.2, 0.25) is 0 Å². The van der Waals surface area contributed by atoms with Gasteiger partial charge in [0.15, 0.2) is 0 Å². The molecule has 0 fully saturated rings. The molecule has 0 unspecified atom stereocenters. The van der Waals surface area contributed by atoms with Gasteiger partial charge in [0.2, 0.25) is 5.91 Å². The molecule has 0 atom stereocenters. The molecule has 0 aromatic heterocycles. The molecule has 108 valence electrons. The highest BCUT2D eigenvalue weighted by atomic mass is 127. The molecule has 0 saturated carbocycles. The number of carbonyl (C=O) groups is 2. The van der Waals surface area contributed by atoms with E-state index in [9.17, 15) is 9.59 Å². The molecule has 4 nitrogen and oxygen atoms in total. The molecular weight excluding hydrogens is 379 g/mol. The number of halogens is 1. The Morgan fingerprint density at radius 1 is 1.05 bits per heavy atom. The summed E-state index contributed by atoms with van der Waals surface area (Å²) in [6, 6.07) is 14.5. The van der Waals surface area contributed by atoms with Crippen molar-refractivity contribution in [2.75, 3.05) is 6.54 Å². The summed E-state index contributed by atoms with van der Waals surface area (Å²) in [5.41, 5.74) is 7.34. The molecule has 0 bridgehead atoms. The van der Waals surface area contributed by atoms with Crippen molar-refractivity contribution >= 4 is 34.4 Å². The standard InChI is InChI=1S/C16H15IN2O2/c17-14-6-2-5-13(10-14)16(21)19-8-7-11-3-1-4-12(9-11)15(18)20/h1-6,9-10H,7-8H2,(H2,18,20)(H,19,21). The Morgan fingerprint density at radius 2 is 1.76 bits per heavy atom. The van der Waals surface area contributed by atoms with Crippen LogP contribution in [-0.2, 0) is 6.42 Å². The smallest absolute Gasteiger partial charge is 0.251 e. The average molecular weight is 394 g/mol. The van der Waals surface area contributed by atoms with E-state index in [1.807, 2.05) is 24.3 Å². The Bertz CT molecular complexity index is 671. The van der Waals surface area contributed by atoms with Crippen molar-refractivity contribution in [3.05, 3.63) is 68.8 Å². The molecule has 2 rings (SSSR count). The summed E-state index contributed by atoms with van der Waals surface area (Å²) in [7, 11) is 0. The SMILES string of the molecule is NC(=O)c1cccc(CCNC(=O)c2cccc(I)c2)c1. The number of primary amides is 1. The second kappa shape index (κ2) is 7.21. The predicted molar refractivity (Wildman–Crippen MR) is 90.2 cm³/mol. The predicted octanol–water partition coefficient (Wildman–Crippen LogP) is 2.36. The first kappa shape index (κ1) is 15.5. The minimum Gasteiger partial charge on any atom is -0.366 e. The van der Waals surface area contributed by atoms with Crippen LogP contribution in [0.25, 0.3) is 0 Å². The molecule has 0 saturated heterocycles. The van der Waals surface area contributed by atoms with E-state index in [4.69, 9.17) is 5.73 Å². The molecule has 0 heterocycles. The highest BCUT2D eigenvalue weighted by Crippen LogP contribution is 2.08. The van der Waals surface area contributed by atoms with Crippen molar-refractivity contribution in [1.82, 2.24) is 5.32 Å². The van der Waals surface area contributed by atoms with Crippen LogP contribution in [0.15, 0.2) is 48.5 Å². The number of nitrogens with two attached hydrogens (primary N) is 1. The Hall–Kier alpha value is -1.89. The van der Waals surface area contributed by atoms with E-state index >= 15 is 0 Å². The van der Waals surface area contributed by atoms with Gasteiger partial charge >= 0.3 is 0 Å². The maximum atomic E-state index is 12.0. The Morgan fingerprint density at radius 3 is 2.48 bits per heavy atom. The van der Waals surface area contributed by atoms with Crippen LogP contribution in [0.1, 0.15) is 26.3 Å². The molecule has 0 spiro atoms. The van der Waals surface area contributed by atoms with Crippen LogP contribution in [-0.4, -0.2) is 18.4 Å². The Balaban J connectivity index is 1.91. The molecule has 21 heavy (non-hydrogen) atoms. The molecule has 3 N–H and O–H groups in total. The van der Waals surface area contributed by atoms with Crippen LogP contribution < -0.4 is 11.1 Å². The number of amides is 2. The molecule has 0 aliphatic heterocycles. The van der Waals surface area contributed by atoms with Gasteiger partial charge in [-0.1, -0.05) is 18.2 Å². The van der Waals surface area contributed by atoms with Crippen LogP contribution in [0.4, 0.5) is 0 Å². The van der Waals surface area contributed by atoms with E-state index < -0.39 is 5.91 Å². The van der Waals surface area contributed by atoms with Gasteiger partial charge in [0, 0.05) is 21.2 Å². The fourth-order valence-electron chi connectivity index (χ4n) is 1.93. The second-order valence-electron chi connectivity index (χ2n) is 4.58. The molecule has 0 aliphatic rings. The molecule has 2 aromatic carbocycles. The van der Waals surface area contributed by atoms with Crippen LogP contribution in [0.5, 0.6) is 0 Å². The van der Waals surface area contributed by atoms with Gasteiger partial charge in [0.25, 0.3) is 5.91 Å². The zero-order valence-electron chi connectivity index (χ0n) is 11.3. The summed E-state index contributed by atoms with van der Waals surface area (Å²) in [6.45, 7) is 0.506. The van der Waals surface area contributed by atoms with Crippen molar-refractivity contribution < 1.29 is 9.59 Å². The Kier molecular flexibility index (Phi) is 5.32. The first-order chi connectivity index (χ1) is 10.1. The summed E-state index contributed by atoms with van der Waals surface area (Å²) in [6.07, 6.45) is 0.650. The number of hydrogen-bond acceptors (Lipinski definition) is 2. The van der Waals surface area contributed by atoms with Gasteiger partial charge in [-0.15, -0.1) is 0 Å². The largest absolute Gasteiger partial charge is 0.366 e. The lowest BCUT2D eigenvalue weighted by molar-refractivity contribution is 0.0952. The first-order valence-electron chi connectivity index (χ1n) is 6.49. The minimum absolute atomic E-state index is 0.0976. The van der Waals surface area contributed by atoms with Gasteiger partial charge in [0.05, 0.1) is 0 Å². The molecule has 2 aromatic rings. The quantitative estimate of drug-likeness (QED) is 0.765. The first-order valence-corrected chi connectivity index (χ1v) is 7.56.